The maximum atomic E-state index is 12.4. The molecule has 1 saturated heterocycles. The largest absolute Gasteiger partial charge is 0.471 e. The average Bonchev–Trinajstić information content (AvgIpc) is 2.62. The molecular formula is C16H20N6O2. The molecule has 0 spiro atoms. The van der Waals surface area contributed by atoms with E-state index in [4.69, 9.17) is 4.74 Å². The first kappa shape index (κ1) is 16.1. The lowest BCUT2D eigenvalue weighted by molar-refractivity contribution is 0.0515. The van der Waals surface area contributed by atoms with E-state index in [9.17, 15) is 4.79 Å². The zero-order chi connectivity index (χ0) is 16.9. The van der Waals surface area contributed by atoms with Gasteiger partial charge in [0.1, 0.15) is 6.10 Å². The molecule has 1 unspecified atom stereocenters. The van der Waals surface area contributed by atoms with Crippen LogP contribution in [-0.4, -0.2) is 64.3 Å². The molecule has 0 aromatic carbocycles. The van der Waals surface area contributed by atoms with Gasteiger partial charge >= 0.3 is 0 Å². The lowest BCUT2D eigenvalue weighted by Gasteiger charge is -2.32. The fourth-order valence-corrected chi connectivity index (χ4v) is 2.55. The Bertz CT molecular complexity index is 677. The minimum Gasteiger partial charge on any atom is -0.471 e. The zero-order valence-corrected chi connectivity index (χ0v) is 13.8. The number of likely N-dealkylation sites (tertiary alicyclic amines) is 1. The molecule has 0 radical (unpaired) electrons. The van der Waals surface area contributed by atoms with Gasteiger partial charge in [-0.25, -0.2) is 9.97 Å². The van der Waals surface area contributed by atoms with Crippen molar-refractivity contribution >= 4 is 11.7 Å². The SMILES string of the molecule is CN(C)c1ccc(OC2CCCN(C(=O)c3ncccn3)C2)nn1. The number of carbonyl (C=O) groups is 1. The van der Waals surface area contributed by atoms with Crippen LogP contribution in [0.4, 0.5) is 5.82 Å². The van der Waals surface area contributed by atoms with Gasteiger partial charge in [0.15, 0.2) is 5.82 Å². The molecule has 1 aliphatic rings. The van der Waals surface area contributed by atoms with E-state index >= 15 is 0 Å². The van der Waals surface area contributed by atoms with Gasteiger partial charge in [-0.3, -0.25) is 4.79 Å². The molecular weight excluding hydrogens is 308 g/mol. The minimum atomic E-state index is -0.169. The fraction of sp³-hybridized carbons (Fsp3) is 0.438. The van der Waals surface area contributed by atoms with Crippen molar-refractivity contribution in [2.75, 3.05) is 32.1 Å². The van der Waals surface area contributed by atoms with Crippen molar-refractivity contribution in [1.29, 1.82) is 0 Å². The molecule has 2 aromatic heterocycles. The number of rotatable bonds is 4. The van der Waals surface area contributed by atoms with E-state index in [0.29, 0.717) is 19.0 Å². The maximum absolute atomic E-state index is 12.4. The number of carbonyl (C=O) groups excluding carboxylic acids is 1. The van der Waals surface area contributed by atoms with Gasteiger partial charge in [0.05, 0.1) is 6.54 Å². The number of amides is 1. The van der Waals surface area contributed by atoms with Gasteiger partial charge in [-0.2, -0.15) is 0 Å². The van der Waals surface area contributed by atoms with Crippen molar-refractivity contribution < 1.29 is 9.53 Å². The highest BCUT2D eigenvalue weighted by Crippen LogP contribution is 2.18. The van der Waals surface area contributed by atoms with E-state index in [1.165, 1.54) is 0 Å². The number of ether oxygens (including phenoxy) is 1. The number of anilines is 1. The second-order valence-corrected chi connectivity index (χ2v) is 5.83. The van der Waals surface area contributed by atoms with Crippen LogP contribution in [0.1, 0.15) is 23.5 Å². The van der Waals surface area contributed by atoms with E-state index < -0.39 is 0 Å². The highest BCUT2D eigenvalue weighted by Gasteiger charge is 2.27. The lowest BCUT2D eigenvalue weighted by Crippen LogP contribution is -2.45. The molecule has 0 N–H and O–H groups in total. The van der Waals surface area contributed by atoms with E-state index in [1.807, 2.05) is 25.1 Å². The van der Waals surface area contributed by atoms with Crippen LogP contribution in [0.25, 0.3) is 0 Å². The van der Waals surface area contributed by atoms with Gasteiger partial charge in [-0.05, 0) is 25.0 Å². The van der Waals surface area contributed by atoms with Crippen LogP contribution in [0.3, 0.4) is 0 Å². The standard InChI is InChI=1S/C16H20N6O2/c1-21(2)13-6-7-14(20-19-13)24-12-5-3-10-22(11-12)16(23)15-17-8-4-9-18-15/h4,6-9,12H,3,5,10-11H2,1-2H3. The number of piperidine rings is 1. The van der Waals surface area contributed by atoms with E-state index in [2.05, 4.69) is 20.2 Å². The first-order chi connectivity index (χ1) is 11.6. The third-order valence-corrected chi connectivity index (χ3v) is 3.79. The quantitative estimate of drug-likeness (QED) is 0.828. The van der Waals surface area contributed by atoms with Crippen molar-refractivity contribution in [2.45, 2.75) is 18.9 Å². The summed E-state index contributed by atoms with van der Waals surface area (Å²) in [5.74, 6) is 1.28. The Morgan fingerprint density at radius 2 is 2.04 bits per heavy atom. The van der Waals surface area contributed by atoms with Gasteiger partial charge in [0.2, 0.25) is 11.7 Å². The highest BCUT2D eigenvalue weighted by atomic mass is 16.5. The summed E-state index contributed by atoms with van der Waals surface area (Å²) in [5, 5.41) is 8.18. The van der Waals surface area contributed by atoms with Crippen LogP contribution in [0.15, 0.2) is 30.6 Å². The van der Waals surface area contributed by atoms with Crippen LogP contribution in [-0.2, 0) is 0 Å². The van der Waals surface area contributed by atoms with Crippen LogP contribution >= 0.6 is 0 Å². The molecule has 1 aliphatic heterocycles. The normalized spacial score (nSPS) is 17.4. The second-order valence-electron chi connectivity index (χ2n) is 5.83. The maximum Gasteiger partial charge on any atom is 0.291 e. The molecule has 2 aromatic rings. The Labute approximate surface area is 140 Å². The summed E-state index contributed by atoms with van der Waals surface area (Å²) in [6.45, 7) is 1.18. The van der Waals surface area contributed by atoms with E-state index in [1.54, 1.807) is 29.4 Å². The van der Waals surface area contributed by atoms with Crippen molar-refractivity contribution in [3.8, 4) is 5.88 Å². The summed E-state index contributed by atoms with van der Waals surface area (Å²) < 4.78 is 5.88. The molecule has 0 saturated carbocycles. The Morgan fingerprint density at radius 1 is 1.25 bits per heavy atom. The molecule has 1 amide bonds. The third-order valence-electron chi connectivity index (χ3n) is 3.79. The monoisotopic (exact) mass is 328 g/mol. The zero-order valence-electron chi connectivity index (χ0n) is 13.8. The van der Waals surface area contributed by atoms with Crippen molar-refractivity contribution in [2.24, 2.45) is 0 Å². The summed E-state index contributed by atoms with van der Waals surface area (Å²) in [5.41, 5.74) is 0. The Hall–Kier alpha value is -2.77. The summed E-state index contributed by atoms with van der Waals surface area (Å²) >= 11 is 0. The Kier molecular flexibility index (Phi) is 4.83. The molecule has 0 bridgehead atoms. The fourth-order valence-electron chi connectivity index (χ4n) is 2.55. The average molecular weight is 328 g/mol. The first-order valence-corrected chi connectivity index (χ1v) is 7.87. The number of hydrogen-bond donors (Lipinski definition) is 0. The van der Waals surface area contributed by atoms with Crippen molar-refractivity contribution in [3.63, 3.8) is 0 Å². The molecule has 0 aliphatic carbocycles. The predicted molar refractivity (Wildman–Crippen MR) is 87.9 cm³/mol. The molecule has 126 valence electrons. The molecule has 24 heavy (non-hydrogen) atoms. The van der Waals surface area contributed by atoms with Gasteiger partial charge in [-0.15, -0.1) is 10.2 Å². The van der Waals surface area contributed by atoms with Gasteiger partial charge in [0.25, 0.3) is 5.91 Å². The van der Waals surface area contributed by atoms with Crippen LogP contribution in [0.5, 0.6) is 5.88 Å². The number of nitrogens with zero attached hydrogens (tertiary/aromatic N) is 6. The summed E-state index contributed by atoms with van der Waals surface area (Å²) in [4.78, 5) is 24.1. The van der Waals surface area contributed by atoms with Crippen molar-refractivity contribution in [3.05, 3.63) is 36.4 Å². The smallest absolute Gasteiger partial charge is 0.291 e. The number of aromatic nitrogens is 4. The topological polar surface area (TPSA) is 84.3 Å². The molecule has 3 heterocycles. The van der Waals surface area contributed by atoms with Crippen molar-refractivity contribution in [1.82, 2.24) is 25.1 Å². The molecule has 1 fully saturated rings. The molecule has 1 atom stereocenters. The summed E-state index contributed by atoms with van der Waals surface area (Å²) in [7, 11) is 3.81. The van der Waals surface area contributed by atoms with E-state index in [0.717, 1.165) is 18.7 Å². The third kappa shape index (κ3) is 3.76. The second kappa shape index (κ2) is 7.20. The van der Waals surface area contributed by atoms with Crippen LogP contribution < -0.4 is 9.64 Å². The Morgan fingerprint density at radius 3 is 2.71 bits per heavy atom. The van der Waals surface area contributed by atoms with Gasteiger partial charge in [-0.1, -0.05) is 0 Å². The lowest BCUT2D eigenvalue weighted by atomic mass is 10.1. The predicted octanol–water partition coefficient (Wildman–Crippen LogP) is 1.02. The van der Waals surface area contributed by atoms with Gasteiger partial charge < -0.3 is 14.5 Å². The first-order valence-electron chi connectivity index (χ1n) is 7.87. The molecule has 8 heteroatoms. The van der Waals surface area contributed by atoms with E-state index in [-0.39, 0.29) is 17.8 Å². The van der Waals surface area contributed by atoms with Crippen LogP contribution in [0.2, 0.25) is 0 Å². The van der Waals surface area contributed by atoms with Gasteiger partial charge in [0, 0.05) is 39.1 Å². The summed E-state index contributed by atoms with van der Waals surface area (Å²) in [6.07, 6.45) is 4.77. The van der Waals surface area contributed by atoms with Crippen LogP contribution in [0, 0.1) is 0 Å². The summed E-state index contributed by atoms with van der Waals surface area (Å²) in [6, 6.07) is 5.34. The molecule has 8 nitrogen and oxygen atoms in total. The Balaban J connectivity index is 1.62. The highest BCUT2D eigenvalue weighted by molar-refractivity contribution is 5.90. The minimum absolute atomic E-state index is 0.106. The number of hydrogen-bond acceptors (Lipinski definition) is 7. The molecule has 3 rings (SSSR count).